The minimum atomic E-state index is -4.80. The van der Waals surface area contributed by atoms with Crippen LogP contribution in [0.2, 0.25) is 0 Å². The summed E-state index contributed by atoms with van der Waals surface area (Å²) in [5.41, 5.74) is 0.332. The molecule has 0 bridgehead atoms. The van der Waals surface area contributed by atoms with Crippen LogP contribution in [0.25, 0.3) is 0 Å². The van der Waals surface area contributed by atoms with Crippen LogP contribution in [0.3, 0.4) is 0 Å². The first kappa shape index (κ1) is 24.1. The zero-order valence-corrected chi connectivity index (χ0v) is 16.4. The molecule has 0 aliphatic heterocycles. The van der Waals surface area contributed by atoms with E-state index in [1.807, 2.05) is 0 Å². The number of hydrogen-bond donors (Lipinski definition) is 3. The Hall–Kier alpha value is -2.17. The molecule has 1 aromatic rings. The quantitative estimate of drug-likeness (QED) is 0.350. The molecule has 0 aromatic heterocycles. The van der Waals surface area contributed by atoms with Crippen LogP contribution in [-0.4, -0.2) is 42.7 Å². The van der Waals surface area contributed by atoms with Gasteiger partial charge in [-0.2, -0.15) is 13.2 Å². The van der Waals surface area contributed by atoms with Crippen molar-refractivity contribution in [2.24, 2.45) is 10.9 Å². The van der Waals surface area contributed by atoms with Gasteiger partial charge in [-0.05, 0) is 43.9 Å². The first-order chi connectivity index (χ1) is 14.0. The summed E-state index contributed by atoms with van der Waals surface area (Å²) in [4.78, 5) is 4.20. The van der Waals surface area contributed by atoms with Crippen LogP contribution in [0.5, 0.6) is 5.75 Å². The Morgan fingerprint density at radius 3 is 2.40 bits per heavy atom. The Morgan fingerprint density at radius 1 is 1.17 bits per heavy atom. The third-order valence-electron chi connectivity index (χ3n) is 4.74. The highest BCUT2D eigenvalue weighted by atomic mass is 19.4. The molecular weight excluding hydrogens is 416 g/mol. The van der Waals surface area contributed by atoms with E-state index in [9.17, 15) is 31.4 Å². The van der Waals surface area contributed by atoms with E-state index < -0.39 is 30.3 Å². The fraction of sp³-hybridized carbons (Fsp3) is 0.632. The minimum absolute atomic E-state index is 0.0445. The van der Waals surface area contributed by atoms with Gasteiger partial charge < -0.3 is 20.5 Å². The summed E-state index contributed by atoms with van der Waals surface area (Å²) in [7, 11) is 0. The zero-order valence-electron chi connectivity index (χ0n) is 16.4. The Morgan fingerprint density at radius 2 is 1.83 bits per heavy atom. The largest absolute Gasteiger partial charge is 0.573 e. The molecule has 0 heterocycles. The number of hydrogen-bond acceptors (Lipinski definition) is 3. The van der Waals surface area contributed by atoms with Crippen molar-refractivity contribution < 1.29 is 36.2 Å². The monoisotopic (exact) mass is 441 g/mol. The molecule has 1 fully saturated rings. The highest BCUT2D eigenvalue weighted by molar-refractivity contribution is 5.80. The van der Waals surface area contributed by atoms with Crippen molar-refractivity contribution in [3.05, 3.63) is 29.8 Å². The Balaban J connectivity index is 1.96. The molecule has 1 aliphatic carbocycles. The van der Waals surface area contributed by atoms with Crippen molar-refractivity contribution in [1.82, 2.24) is 10.6 Å². The third-order valence-corrected chi connectivity index (χ3v) is 4.74. The summed E-state index contributed by atoms with van der Waals surface area (Å²) in [6.07, 6.45) is -9.03. The van der Waals surface area contributed by atoms with Gasteiger partial charge in [-0.25, -0.2) is 0 Å². The standard InChI is InChI=1S/C19H25F6N3O2/c1-2-26-17(28-14-5-3-4-13(10-14)18(20,21)22)27-11-16(29)12-6-8-15(9-7-12)30-19(23,24)25/h6-9,13-14,16,29H,2-5,10-11H2,1H3,(H2,26,27,28). The van der Waals surface area contributed by atoms with Crippen molar-refractivity contribution in [2.75, 3.05) is 13.1 Å². The van der Waals surface area contributed by atoms with Crippen LogP contribution in [0, 0.1) is 5.92 Å². The second-order valence-corrected chi connectivity index (χ2v) is 7.10. The van der Waals surface area contributed by atoms with Gasteiger partial charge >= 0.3 is 12.5 Å². The molecule has 3 unspecified atom stereocenters. The van der Waals surface area contributed by atoms with Gasteiger partial charge in [0.25, 0.3) is 0 Å². The van der Waals surface area contributed by atoms with E-state index in [0.29, 0.717) is 24.9 Å². The molecule has 2 rings (SSSR count). The number of aliphatic imine (C=N–C) groups is 1. The van der Waals surface area contributed by atoms with E-state index in [4.69, 9.17) is 0 Å². The van der Waals surface area contributed by atoms with Gasteiger partial charge in [-0.3, -0.25) is 4.99 Å². The molecule has 30 heavy (non-hydrogen) atoms. The molecule has 0 radical (unpaired) electrons. The molecule has 0 amide bonds. The summed E-state index contributed by atoms with van der Waals surface area (Å²) >= 11 is 0. The Kier molecular flexibility index (Phi) is 8.22. The van der Waals surface area contributed by atoms with E-state index in [2.05, 4.69) is 20.4 Å². The highest BCUT2D eigenvalue weighted by Gasteiger charge is 2.42. The van der Waals surface area contributed by atoms with Crippen LogP contribution >= 0.6 is 0 Å². The van der Waals surface area contributed by atoms with E-state index >= 15 is 0 Å². The van der Waals surface area contributed by atoms with Crippen molar-refractivity contribution in [1.29, 1.82) is 0 Å². The predicted molar refractivity (Wildman–Crippen MR) is 99.0 cm³/mol. The lowest BCUT2D eigenvalue weighted by Crippen LogP contribution is -2.47. The van der Waals surface area contributed by atoms with Crippen LogP contribution in [0.15, 0.2) is 29.3 Å². The predicted octanol–water partition coefficient (Wildman–Crippen LogP) is 4.29. The second kappa shape index (κ2) is 10.2. The van der Waals surface area contributed by atoms with Crippen molar-refractivity contribution in [2.45, 2.75) is 57.3 Å². The molecule has 5 nitrogen and oxygen atoms in total. The summed E-state index contributed by atoms with van der Waals surface area (Å²) in [5.74, 6) is -1.48. The third kappa shape index (κ3) is 7.92. The van der Waals surface area contributed by atoms with Gasteiger partial charge in [-0.1, -0.05) is 18.6 Å². The number of benzene rings is 1. The SMILES string of the molecule is CCNC(=NCC(O)c1ccc(OC(F)(F)F)cc1)NC1CCCC(C(F)(F)F)C1. The second-order valence-electron chi connectivity index (χ2n) is 7.10. The fourth-order valence-electron chi connectivity index (χ4n) is 3.31. The first-order valence-corrected chi connectivity index (χ1v) is 9.63. The lowest BCUT2D eigenvalue weighted by atomic mass is 9.85. The number of nitrogens with zero attached hydrogens (tertiary/aromatic N) is 1. The van der Waals surface area contributed by atoms with Gasteiger partial charge in [-0.15, -0.1) is 13.2 Å². The van der Waals surface area contributed by atoms with E-state index in [0.717, 1.165) is 12.1 Å². The summed E-state index contributed by atoms with van der Waals surface area (Å²) in [6, 6.07) is 4.35. The van der Waals surface area contributed by atoms with Crippen molar-refractivity contribution in [3.8, 4) is 5.75 Å². The number of nitrogens with one attached hydrogen (secondary N) is 2. The molecule has 1 aromatic carbocycles. The molecule has 1 saturated carbocycles. The van der Waals surface area contributed by atoms with Gasteiger partial charge in [0.1, 0.15) is 5.75 Å². The molecule has 11 heteroatoms. The molecule has 3 atom stereocenters. The lowest BCUT2D eigenvalue weighted by Gasteiger charge is -2.32. The van der Waals surface area contributed by atoms with Gasteiger partial charge in [0.15, 0.2) is 5.96 Å². The van der Waals surface area contributed by atoms with Crippen LogP contribution in [-0.2, 0) is 0 Å². The highest BCUT2D eigenvalue weighted by Crippen LogP contribution is 2.37. The number of alkyl halides is 6. The smallest absolute Gasteiger partial charge is 0.406 e. The van der Waals surface area contributed by atoms with E-state index in [1.165, 1.54) is 12.1 Å². The number of ether oxygens (including phenoxy) is 1. The fourth-order valence-corrected chi connectivity index (χ4v) is 3.31. The maximum atomic E-state index is 13.0. The van der Waals surface area contributed by atoms with Gasteiger partial charge in [0, 0.05) is 12.6 Å². The number of aliphatic hydroxyl groups is 1. The van der Waals surface area contributed by atoms with E-state index in [-0.39, 0.29) is 31.4 Å². The average molecular weight is 441 g/mol. The Bertz CT molecular complexity index is 691. The lowest BCUT2D eigenvalue weighted by molar-refractivity contribution is -0.274. The zero-order chi connectivity index (χ0) is 22.4. The summed E-state index contributed by atoms with van der Waals surface area (Å²) in [5, 5.41) is 16.2. The van der Waals surface area contributed by atoms with Crippen molar-refractivity contribution >= 4 is 5.96 Å². The maximum absolute atomic E-state index is 13.0. The average Bonchev–Trinajstić information content (AvgIpc) is 2.65. The first-order valence-electron chi connectivity index (χ1n) is 9.63. The minimum Gasteiger partial charge on any atom is -0.406 e. The molecular formula is C19H25F6N3O2. The van der Waals surface area contributed by atoms with Gasteiger partial charge in [0.2, 0.25) is 0 Å². The Labute approximate surface area is 170 Å². The van der Waals surface area contributed by atoms with Crippen molar-refractivity contribution in [3.63, 3.8) is 0 Å². The van der Waals surface area contributed by atoms with Gasteiger partial charge in [0.05, 0.1) is 18.6 Å². The number of guanidine groups is 1. The summed E-state index contributed by atoms with van der Waals surface area (Å²) < 4.78 is 79.3. The molecule has 3 N–H and O–H groups in total. The van der Waals surface area contributed by atoms with Crippen LogP contribution in [0.1, 0.15) is 44.3 Å². The number of aliphatic hydroxyl groups excluding tert-OH is 1. The van der Waals surface area contributed by atoms with E-state index in [1.54, 1.807) is 6.92 Å². The van der Waals surface area contributed by atoms with Crippen LogP contribution < -0.4 is 15.4 Å². The molecule has 0 spiro atoms. The molecule has 0 saturated heterocycles. The maximum Gasteiger partial charge on any atom is 0.573 e. The molecule has 170 valence electrons. The topological polar surface area (TPSA) is 65.9 Å². The summed E-state index contributed by atoms with van der Waals surface area (Å²) in [6.45, 7) is 2.15. The normalized spacial score (nSPS) is 21.8. The van der Waals surface area contributed by atoms with Crippen LogP contribution in [0.4, 0.5) is 26.3 Å². The molecule has 1 aliphatic rings. The number of rotatable bonds is 6. The number of halogens is 6.